The number of carbonyl (C=O) groups excluding carboxylic acids is 1. The first-order chi connectivity index (χ1) is 11.3. The van der Waals surface area contributed by atoms with E-state index < -0.39 is 11.6 Å². The Morgan fingerprint density at radius 3 is 2.67 bits per heavy atom. The Morgan fingerprint density at radius 2 is 2.08 bits per heavy atom. The van der Waals surface area contributed by atoms with E-state index in [0.29, 0.717) is 17.1 Å². The Bertz CT molecular complexity index is 900. The van der Waals surface area contributed by atoms with Crippen molar-refractivity contribution in [2.45, 2.75) is 26.4 Å². The summed E-state index contributed by atoms with van der Waals surface area (Å²) in [6, 6.07) is 3.11. The molecule has 0 aliphatic carbocycles. The highest BCUT2D eigenvalue weighted by molar-refractivity contribution is 5.89. The maximum Gasteiger partial charge on any atom is 0.340 e. The van der Waals surface area contributed by atoms with Crippen molar-refractivity contribution >= 4 is 5.97 Å². The molecular weight excluding hydrogens is 312 g/mol. The molecule has 3 heterocycles. The predicted octanol–water partition coefficient (Wildman–Crippen LogP) is 1.10. The van der Waals surface area contributed by atoms with Crippen molar-refractivity contribution in [1.82, 2.24) is 29.8 Å². The van der Waals surface area contributed by atoms with Crippen LogP contribution in [0.25, 0.3) is 11.5 Å². The second kappa shape index (κ2) is 5.76. The standard InChI is InChI=1S/C15H16N6O3/c1-15(2,3)24-14(23)10-4-5-12(16-8-10)21-13(22)11(9-18-21)20-7-6-17-19-20/h4-9,18H,1-3H3. The van der Waals surface area contributed by atoms with Crippen LogP contribution >= 0.6 is 0 Å². The van der Waals surface area contributed by atoms with Gasteiger partial charge in [-0.15, -0.1) is 5.10 Å². The summed E-state index contributed by atoms with van der Waals surface area (Å²) in [5.41, 5.74) is -0.299. The average Bonchev–Trinajstić information content (AvgIpc) is 3.15. The van der Waals surface area contributed by atoms with E-state index in [2.05, 4.69) is 20.4 Å². The third-order valence-corrected chi connectivity index (χ3v) is 3.03. The quantitative estimate of drug-likeness (QED) is 0.721. The number of hydrogen-bond acceptors (Lipinski definition) is 6. The summed E-state index contributed by atoms with van der Waals surface area (Å²) in [5.74, 6) is -0.123. The highest BCUT2D eigenvalue weighted by Crippen LogP contribution is 2.12. The molecule has 124 valence electrons. The molecule has 9 nitrogen and oxygen atoms in total. The van der Waals surface area contributed by atoms with Crippen molar-refractivity contribution < 1.29 is 9.53 Å². The lowest BCUT2D eigenvalue weighted by Gasteiger charge is -2.19. The van der Waals surface area contributed by atoms with Crippen molar-refractivity contribution in [3.05, 3.63) is 52.8 Å². The van der Waals surface area contributed by atoms with Crippen molar-refractivity contribution in [3.8, 4) is 11.5 Å². The lowest BCUT2D eigenvalue weighted by atomic mass is 10.2. The largest absolute Gasteiger partial charge is 0.456 e. The molecule has 9 heteroatoms. The van der Waals surface area contributed by atoms with Gasteiger partial charge in [0.15, 0.2) is 11.5 Å². The van der Waals surface area contributed by atoms with Crippen LogP contribution in [0.1, 0.15) is 31.1 Å². The number of ether oxygens (including phenoxy) is 1. The van der Waals surface area contributed by atoms with Crippen LogP contribution in [0.4, 0.5) is 0 Å². The molecule has 0 aromatic carbocycles. The zero-order valence-corrected chi connectivity index (χ0v) is 13.4. The number of carbonyl (C=O) groups is 1. The maximum absolute atomic E-state index is 12.4. The van der Waals surface area contributed by atoms with Gasteiger partial charge < -0.3 is 4.74 Å². The molecule has 0 saturated carbocycles. The minimum absolute atomic E-state index is 0.310. The lowest BCUT2D eigenvalue weighted by Crippen LogP contribution is -2.24. The van der Waals surface area contributed by atoms with E-state index in [1.165, 1.54) is 28.0 Å². The van der Waals surface area contributed by atoms with E-state index in [9.17, 15) is 9.59 Å². The molecule has 0 fully saturated rings. The van der Waals surface area contributed by atoms with Crippen LogP contribution in [0, 0.1) is 0 Å². The third kappa shape index (κ3) is 3.09. The number of hydrogen-bond donors (Lipinski definition) is 1. The van der Waals surface area contributed by atoms with Gasteiger partial charge in [-0.05, 0) is 32.9 Å². The molecule has 0 aliphatic heterocycles. The fourth-order valence-electron chi connectivity index (χ4n) is 2.01. The van der Waals surface area contributed by atoms with Gasteiger partial charge in [0.2, 0.25) is 0 Å². The van der Waals surface area contributed by atoms with Gasteiger partial charge in [-0.25, -0.2) is 14.5 Å². The number of aromatic nitrogens is 6. The van der Waals surface area contributed by atoms with Crippen LogP contribution in [0.2, 0.25) is 0 Å². The Balaban J connectivity index is 1.87. The highest BCUT2D eigenvalue weighted by atomic mass is 16.6. The molecule has 0 unspecified atom stereocenters. The molecule has 3 rings (SSSR count). The van der Waals surface area contributed by atoms with Crippen LogP contribution < -0.4 is 5.56 Å². The molecule has 0 bridgehead atoms. The van der Waals surface area contributed by atoms with Crippen LogP contribution in [0.15, 0.2) is 41.7 Å². The van der Waals surface area contributed by atoms with E-state index >= 15 is 0 Å². The summed E-state index contributed by atoms with van der Waals surface area (Å²) in [4.78, 5) is 28.5. The van der Waals surface area contributed by atoms with Gasteiger partial charge in [-0.2, -0.15) is 4.68 Å². The smallest absolute Gasteiger partial charge is 0.340 e. The topological polar surface area (TPSA) is 108 Å². The normalized spacial score (nSPS) is 11.5. The Kier molecular flexibility index (Phi) is 3.76. The zero-order valence-electron chi connectivity index (χ0n) is 13.4. The molecule has 0 atom stereocenters. The monoisotopic (exact) mass is 328 g/mol. The third-order valence-electron chi connectivity index (χ3n) is 3.03. The van der Waals surface area contributed by atoms with Gasteiger partial charge in [0, 0.05) is 6.20 Å². The summed E-state index contributed by atoms with van der Waals surface area (Å²) in [5, 5.41) is 10.2. The number of nitrogens with zero attached hydrogens (tertiary/aromatic N) is 5. The van der Waals surface area contributed by atoms with E-state index in [0.717, 1.165) is 0 Å². The molecule has 0 amide bonds. The van der Waals surface area contributed by atoms with Gasteiger partial charge in [-0.3, -0.25) is 9.89 Å². The first-order valence-electron chi connectivity index (χ1n) is 7.22. The SMILES string of the molecule is CC(C)(C)OC(=O)c1ccc(-n2[nH]cc(-n3ccnn3)c2=O)nc1. The molecule has 1 N–H and O–H groups in total. The van der Waals surface area contributed by atoms with Crippen LogP contribution in [0.3, 0.4) is 0 Å². The molecule has 3 aromatic heterocycles. The van der Waals surface area contributed by atoms with E-state index in [1.807, 2.05) is 0 Å². The van der Waals surface area contributed by atoms with E-state index in [-0.39, 0.29) is 5.56 Å². The molecule has 0 saturated heterocycles. The first-order valence-corrected chi connectivity index (χ1v) is 7.22. The van der Waals surface area contributed by atoms with Crippen LogP contribution in [-0.2, 0) is 4.74 Å². The van der Waals surface area contributed by atoms with Gasteiger partial charge >= 0.3 is 5.97 Å². The fraction of sp³-hybridized carbons (Fsp3) is 0.267. The van der Waals surface area contributed by atoms with Crippen molar-refractivity contribution in [3.63, 3.8) is 0 Å². The van der Waals surface area contributed by atoms with Gasteiger partial charge in [-0.1, -0.05) is 5.21 Å². The minimum Gasteiger partial charge on any atom is -0.456 e. The number of nitrogens with one attached hydrogen (secondary N) is 1. The summed E-state index contributed by atoms with van der Waals surface area (Å²) in [7, 11) is 0. The number of H-pyrrole nitrogens is 1. The Morgan fingerprint density at radius 1 is 1.29 bits per heavy atom. The molecular formula is C15H16N6O3. The summed E-state index contributed by atoms with van der Waals surface area (Å²) < 4.78 is 7.87. The van der Waals surface area contributed by atoms with Crippen molar-refractivity contribution in [1.29, 1.82) is 0 Å². The number of pyridine rings is 1. The predicted molar refractivity (Wildman–Crippen MR) is 84.3 cm³/mol. The molecule has 0 spiro atoms. The Labute approximate surface area is 136 Å². The van der Waals surface area contributed by atoms with E-state index in [4.69, 9.17) is 4.74 Å². The zero-order chi connectivity index (χ0) is 17.3. The summed E-state index contributed by atoms with van der Waals surface area (Å²) >= 11 is 0. The maximum atomic E-state index is 12.4. The van der Waals surface area contributed by atoms with Crippen molar-refractivity contribution in [2.24, 2.45) is 0 Å². The molecule has 0 radical (unpaired) electrons. The van der Waals surface area contributed by atoms with Gasteiger partial charge in [0.1, 0.15) is 5.60 Å². The van der Waals surface area contributed by atoms with Gasteiger partial charge in [0.05, 0.1) is 24.2 Å². The van der Waals surface area contributed by atoms with E-state index in [1.54, 1.807) is 39.1 Å². The van der Waals surface area contributed by atoms with Gasteiger partial charge in [0.25, 0.3) is 5.56 Å². The van der Waals surface area contributed by atoms with Crippen LogP contribution in [-0.4, -0.2) is 41.3 Å². The number of esters is 1. The first kappa shape index (κ1) is 15.7. The minimum atomic E-state index is -0.584. The summed E-state index contributed by atoms with van der Waals surface area (Å²) in [6.45, 7) is 5.37. The second-order valence-corrected chi connectivity index (χ2v) is 6.05. The van der Waals surface area contributed by atoms with Crippen LogP contribution in [0.5, 0.6) is 0 Å². The fourth-order valence-corrected chi connectivity index (χ4v) is 2.01. The Hall–Kier alpha value is -3.23. The molecule has 3 aromatic rings. The second-order valence-electron chi connectivity index (χ2n) is 6.05. The highest BCUT2D eigenvalue weighted by Gasteiger charge is 2.18. The van der Waals surface area contributed by atoms with Crippen molar-refractivity contribution in [2.75, 3.05) is 0 Å². The molecule has 24 heavy (non-hydrogen) atoms. The summed E-state index contributed by atoms with van der Waals surface area (Å²) in [6.07, 6.45) is 5.91. The average molecular weight is 328 g/mol. The molecule has 0 aliphatic rings. The lowest BCUT2D eigenvalue weighted by molar-refractivity contribution is 0.00691. The number of rotatable bonds is 3. The number of aromatic amines is 1.